The number of amides is 1. The molecule has 0 radical (unpaired) electrons. The minimum atomic E-state index is -0.264. The molecule has 1 aliphatic rings. The number of alkyl carbamates (subject to hydrolysis) is 1. The van der Waals surface area contributed by atoms with Crippen molar-refractivity contribution in [3.63, 3.8) is 0 Å². The van der Waals surface area contributed by atoms with E-state index in [4.69, 9.17) is 4.74 Å². The van der Waals surface area contributed by atoms with Gasteiger partial charge in [0.1, 0.15) is 0 Å². The second kappa shape index (κ2) is 8.34. The highest BCUT2D eigenvalue weighted by Gasteiger charge is 2.17. The normalized spacial score (nSPS) is 18.7. The van der Waals surface area contributed by atoms with E-state index in [0.717, 1.165) is 38.3 Å². The van der Waals surface area contributed by atoms with Crippen molar-refractivity contribution < 1.29 is 9.53 Å². The van der Waals surface area contributed by atoms with E-state index in [0.29, 0.717) is 6.61 Å². The summed E-state index contributed by atoms with van der Waals surface area (Å²) in [4.78, 5) is 11.4. The molecule has 0 aliphatic carbocycles. The Morgan fingerprint density at radius 2 is 2.18 bits per heavy atom. The van der Waals surface area contributed by atoms with Gasteiger partial charge < -0.3 is 15.4 Å². The minimum absolute atomic E-state index is 0.215. The van der Waals surface area contributed by atoms with Crippen LogP contribution in [0.3, 0.4) is 0 Å². The zero-order valence-corrected chi connectivity index (χ0v) is 11.1. The number of ether oxygens (including phenoxy) is 1. The van der Waals surface area contributed by atoms with Gasteiger partial charge in [-0.1, -0.05) is 13.3 Å². The van der Waals surface area contributed by atoms with Crippen LogP contribution in [0.5, 0.6) is 0 Å². The summed E-state index contributed by atoms with van der Waals surface area (Å²) in [6, 6.07) is 0.215. The van der Waals surface area contributed by atoms with Gasteiger partial charge in [-0.2, -0.15) is 0 Å². The molecule has 0 aromatic heterocycles. The van der Waals surface area contributed by atoms with E-state index in [1.165, 1.54) is 12.8 Å². The molecule has 1 amide bonds. The van der Waals surface area contributed by atoms with Crippen molar-refractivity contribution >= 4 is 6.09 Å². The molecule has 2 N–H and O–H groups in total. The number of hydrogen-bond donors (Lipinski definition) is 2. The van der Waals surface area contributed by atoms with E-state index in [1.54, 1.807) is 0 Å². The fourth-order valence-corrected chi connectivity index (χ4v) is 2.23. The van der Waals surface area contributed by atoms with Crippen molar-refractivity contribution in [2.24, 2.45) is 5.92 Å². The predicted molar refractivity (Wildman–Crippen MR) is 69.1 cm³/mol. The topological polar surface area (TPSA) is 50.4 Å². The van der Waals surface area contributed by atoms with Gasteiger partial charge in [0.2, 0.25) is 0 Å². The average molecular weight is 242 g/mol. The summed E-state index contributed by atoms with van der Waals surface area (Å²) in [7, 11) is 0. The largest absolute Gasteiger partial charge is 0.450 e. The van der Waals surface area contributed by atoms with Crippen LogP contribution < -0.4 is 10.6 Å². The van der Waals surface area contributed by atoms with Crippen molar-refractivity contribution in [3.8, 4) is 0 Å². The molecule has 1 rings (SSSR count). The van der Waals surface area contributed by atoms with Crippen molar-refractivity contribution in [2.75, 3.05) is 19.7 Å². The average Bonchev–Trinajstić information content (AvgIpc) is 2.30. The van der Waals surface area contributed by atoms with Crippen molar-refractivity contribution in [2.45, 2.75) is 52.0 Å². The first-order valence-electron chi connectivity index (χ1n) is 6.86. The number of piperidine rings is 1. The Morgan fingerprint density at radius 1 is 1.47 bits per heavy atom. The molecule has 0 spiro atoms. The first-order chi connectivity index (χ1) is 8.22. The Kier molecular flexibility index (Phi) is 7.01. The summed E-state index contributed by atoms with van der Waals surface area (Å²) >= 11 is 0. The number of carbonyl (C=O) groups is 1. The second-order valence-corrected chi connectivity index (χ2v) is 4.96. The Bertz CT molecular complexity index is 215. The SMILES string of the molecule is CCCCOC(=O)NC(C)CC1CCNCC1. The van der Waals surface area contributed by atoms with Crippen LogP contribution in [0, 0.1) is 5.92 Å². The molecule has 1 atom stereocenters. The Morgan fingerprint density at radius 3 is 2.82 bits per heavy atom. The third-order valence-corrected chi connectivity index (χ3v) is 3.24. The summed E-state index contributed by atoms with van der Waals surface area (Å²) in [6.07, 6.45) is 5.23. The number of hydrogen-bond acceptors (Lipinski definition) is 3. The molecule has 0 aromatic rings. The zero-order chi connectivity index (χ0) is 12.5. The van der Waals surface area contributed by atoms with Crippen LogP contribution in [0.2, 0.25) is 0 Å². The van der Waals surface area contributed by atoms with Gasteiger partial charge in [0.05, 0.1) is 6.61 Å². The lowest BCUT2D eigenvalue weighted by Crippen LogP contribution is -2.37. The molecule has 100 valence electrons. The molecular formula is C13H26N2O2. The van der Waals surface area contributed by atoms with Gasteiger partial charge in [-0.3, -0.25) is 0 Å². The number of rotatable bonds is 6. The Balaban J connectivity index is 2.10. The molecule has 4 heteroatoms. The van der Waals surface area contributed by atoms with E-state index in [9.17, 15) is 4.79 Å². The first-order valence-corrected chi connectivity index (χ1v) is 6.86. The van der Waals surface area contributed by atoms with Crippen molar-refractivity contribution in [1.29, 1.82) is 0 Å². The van der Waals surface area contributed by atoms with Gasteiger partial charge >= 0.3 is 6.09 Å². The van der Waals surface area contributed by atoms with Gasteiger partial charge in [0.15, 0.2) is 0 Å². The lowest BCUT2D eigenvalue weighted by molar-refractivity contribution is 0.139. The quantitative estimate of drug-likeness (QED) is 0.703. The van der Waals surface area contributed by atoms with E-state index < -0.39 is 0 Å². The predicted octanol–water partition coefficient (Wildman–Crippen LogP) is 2.29. The summed E-state index contributed by atoms with van der Waals surface area (Å²) in [6.45, 7) is 6.89. The molecule has 1 fully saturated rings. The fraction of sp³-hybridized carbons (Fsp3) is 0.923. The van der Waals surface area contributed by atoms with Gasteiger partial charge in [0, 0.05) is 6.04 Å². The summed E-state index contributed by atoms with van der Waals surface area (Å²) < 4.78 is 5.08. The lowest BCUT2D eigenvalue weighted by Gasteiger charge is -2.25. The minimum Gasteiger partial charge on any atom is -0.450 e. The molecule has 1 saturated heterocycles. The molecule has 0 bridgehead atoms. The molecule has 17 heavy (non-hydrogen) atoms. The zero-order valence-electron chi connectivity index (χ0n) is 11.1. The number of nitrogens with one attached hydrogen (secondary N) is 2. The van der Waals surface area contributed by atoms with Crippen LogP contribution in [0.1, 0.15) is 46.0 Å². The van der Waals surface area contributed by atoms with E-state index in [2.05, 4.69) is 24.5 Å². The maximum Gasteiger partial charge on any atom is 0.407 e. The van der Waals surface area contributed by atoms with Crippen LogP contribution in [-0.2, 0) is 4.74 Å². The number of carbonyl (C=O) groups excluding carboxylic acids is 1. The van der Waals surface area contributed by atoms with Gasteiger partial charge in [-0.05, 0) is 51.6 Å². The molecule has 1 aliphatic heterocycles. The molecule has 1 unspecified atom stereocenters. The van der Waals surface area contributed by atoms with Crippen LogP contribution in [0.15, 0.2) is 0 Å². The van der Waals surface area contributed by atoms with Crippen LogP contribution >= 0.6 is 0 Å². The van der Waals surface area contributed by atoms with Gasteiger partial charge in [0.25, 0.3) is 0 Å². The molecule has 4 nitrogen and oxygen atoms in total. The molecule has 0 saturated carbocycles. The first kappa shape index (κ1) is 14.3. The highest BCUT2D eigenvalue weighted by atomic mass is 16.5. The second-order valence-electron chi connectivity index (χ2n) is 4.96. The maximum absolute atomic E-state index is 11.4. The van der Waals surface area contributed by atoms with Crippen molar-refractivity contribution in [1.82, 2.24) is 10.6 Å². The van der Waals surface area contributed by atoms with Gasteiger partial charge in [-0.25, -0.2) is 4.79 Å². The summed E-state index contributed by atoms with van der Waals surface area (Å²) in [5, 5.41) is 6.26. The monoisotopic (exact) mass is 242 g/mol. The van der Waals surface area contributed by atoms with Gasteiger partial charge in [-0.15, -0.1) is 0 Å². The van der Waals surface area contributed by atoms with Crippen LogP contribution in [0.25, 0.3) is 0 Å². The van der Waals surface area contributed by atoms with Crippen molar-refractivity contribution in [3.05, 3.63) is 0 Å². The highest BCUT2D eigenvalue weighted by molar-refractivity contribution is 5.67. The standard InChI is InChI=1S/C13H26N2O2/c1-3-4-9-17-13(16)15-11(2)10-12-5-7-14-8-6-12/h11-12,14H,3-10H2,1-2H3,(H,15,16). The third-order valence-electron chi connectivity index (χ3n) is 3.24. The fourth-order valence-electron chi connectivity index (χ4n) is 2.23. The summed E-state index contributed by atoms with van der Waals surface area (Å²) in [5.41, 5.74) is 0. The molecule has 0 aromatic carbocycles. The van der Waals surface area contributed by atoms with E-state index >= 15 is 0 Å². The number of unbranched alkanes of at least 4 members (excludes halogenated alkanes) is 1. The lowest BCUT2D eigenvalue weighted by atomic mass is 9.92. The smallest absolute Gasteiger partial charge is 0.407 e. The molecular weight excluding hydrogens is 216 g/mol. The highest BCUT2D eigenvalue weighted by Crippen LogP contribution is 2.17. The van der Waals surface area contributed by atoms with E-state index in [1.807, 2.05) is 0 Å². The Labute approximate surface area is 104 Å². The van der Waals surface area contributed by atoms with E-state index in [-0.39, 0.29) is 12.1 Å². The Hall–Kier alpha value is -0.770. The summed E-state index contributed by atoms with van der Waals surface area (Å²) in [5.74, 6) is 0.738. The van der Waals surface area contributed by atoms with Crippen LogP contribution in [0.4, 0.5) is 4.79 Å². The maximum atomic E-state index is 11.4. The molecule has 1 heterocycles. The third kappa shape index (κ3) is 6.51. The van der Waals surface area contributed by atoms with Crippen LogP contribution in [-0.4, -0.2) is 31.8 Å².